The molecule has 0 radical (unpaired) electrons. The SMILES string of the molecule is Nc1ccc(Sc2nccc(Nc3cc(C4CCCC4)[nH]n3)n2)cc1. The van der Waals surface area contributed by atoms with E-state index in [2.05, 4.69) is 31.5 Å². The summed E-state index contributed by atoms with van der Waals surface area (Å²) in [5.74, 6) is 2.14. The molecule has 0 unspecified atom stereocenters. The summed E-state index contributed by atoms with van der Waals surface area (Å²) in [5.41, 5.74) is 7.68. The van der Waals surface area contributed by atoms with E-state index in [4.69, 9.17) is 5.73 Å². The molecule has 1 aromatic carbocycles. The second-order valence-electron chi connectivity index (χ2n) is 6.21. The van der Waals surface area contributed by atoms with Crippen LogP contribution in [0.4, 0.5) is 17.3 Å². The standard InChI is InChI=1S/C18H20N6S/c19-13-5-7-14(8-6-13)25-18-20-10-9-16(22-18)21-17-11-15(23-24-17)12-3-1-2-4-12/h5-12H,1-4,19H2,(H2,20,21,22,23,24). The Bertz CT molecular complexity index is 839. The molecule has 2 aromatic heterocycles. The number of H-pyrrole nitrogens is 1. The molecule has 7 heteroatoms. The number of anilines is 3. The molecule has 3 aromatic rings. The van der Waals surface area contributed by atoms with Gasteiger partial charge in [0.2, 0.25) is 0 Å². The van der Waals surface area contributed by atoms with Crippen LogP contribution in [-0.2, 0) is 0 Å². The lowest BCUT2D eigenvalue weighted by atomic mass is 10.0. The monoisotopic (exact) mass is 352 g/mol. The molecule has 0 spiro atoms. The fourth-order valence-corrected chi connectivity index (χ4v) is 3.82. The van der Waals surface area contributed by atoms with E-state index in [0.717, 1.165) is 22.2 Å². The molecule has 4 N–H and O–H groups in total. The Morgan fingerprint density at radius 3 is 2.68 bits per heavy atom. The van der Waals surface area contributed by atoms with E-state index in [9.17, 15) is 0 Å². The highest BCUT2D eigenvalue weighted by atomic mass is 32.2. The van der Waals surface area contributed by atoms with Gasteiger partial charge in [-0.05, 0) is 54.9 Å². The number of nitrogens with two attached hydrogens (primary N) is 1. The minimum atomic E-state index is 0.616. The third kappa shape index (κ3) is 3.93. The van der Waals surface area contributed by atoms with Gasteiger partial charge in [0.05, 0.1) is 0 Å². The highest BCUT2D eigenvalue weighted by Gasteiger charge is 2.19. The molecule has 2 heterocycles. The molecule has 0 amide bonds. The number of hydrogen-bond donors (Lipinski definition) is 3. The van der Waals surface area contributed by atoms with Crippen LogP contribution >= 0.6 is 11.8 Å². The molecule has 0 atom stereocenters. The first kappa shape index (κ1) is 16.0. The minimum absolute atomic E-state index is 0.616. The maximum absolute atomic E-state index is 5.72. The van der Waals surface area contributed by atoms with Gasteiger partial charge in [-0.1, -0.05) is 12.8 Å². The number of hydrogen-bond acceptors (Lipinski definition) is 6. The zero-order chi connectivity index (χ0) is 17.1. The van der Waals surface area contributed by atoms with E-state index in [0.29, 0.717) is 11.1 Å². The lowest BCUT2D eigenvalue weighted by Gasteiger charge is -2.05. The molecule has 0 saturated heterocycles. The summed E-state index contributed by atoms with van der Waals surface area (Å²) >= 11 is 1.50. The van der Waals surface area contributed by atoms with Gasteiger partial charge < -0.3 is 11.1 Å². The van der Waals surface area contributed by atoms with Crippen LogP contribution in [0.2, 0.25) is 0 Å². The van der Waals surface area contributed by atoms with Crippen molar-refractivity contribution in [2.24, 2.45) is 0 Å². The van der Waals surface area contributed by atoms with Gasteiger partial charge in [0.15, 0.2) is 11.0 Å². The van der Waals surface area contributed by atoms with Crippen LogP contribution in [0.3, 0.4) is 0 Å². The second-order valence-corrected chi connectivity index (χ2v) is 7.25. The first-order valence-electron chi connectivity index (χ1n) is 8.45. The van der Waals surface area contributed by atoms with Crippen LogP contribution in [-0.4, -0.2) is 20.2 Å². The zero-order valence-electron chi connectivity index (χ0n) is 13.8. The Morgan fingerprint density at radius 1 is 1.08 bits per heavy atom. The van der Waals surface area contributed by atoms with Crippen molar-refractivity contribution in [1.29, 1.82) is 0 Å². The Labute approximate surface area is 150 Å². The molecule has 6 nitrogen and oxygen atoms in total. The van der Waals surface area contributed by atoms with Crippen LogP contribution in [0.25, 0.3) is 0 Å². The summed E-state index contributed by atoms with van der Waals surface area (Å²) in [6.07, 6.45) is 6.86. The molecule has 1 aliphatic rings. The van der Waals surface area contributed by atoms with E-state index in [-0.39, 0.29) is 0 Å². The van der Waals surface area contributed by atoms with E-state index in [1.807, 2.05) is 30.3 Å². The Balaban J connectivity index is 1.45. The van der Waals surface area contributed by atoms with Crippen LogP contribution in [0.5, 0.6) is 0 Å². The van der Waals surface area contributed by atoms with Crippen molar-refractivity contribution in [1.82, 2.24) is 20.2 Å². The Kier molecular flexibility index (Phi) is 4.56. The molecule has 4 rings (SSSR count). The molecule has 1 fully saturated rings. The molecular weight excluding hydrogens is 332 g/mol. The third-order valence-corrected chi connectivity index (χ3v) is 5.26. The number of nitrogen functional groups attached to an aromatic ring is 1. The maximum atomic E-state index is 5.72. The first-order chi connectivity index (χ1) is 12.3. The van der Waals surface area contributed by atoms with Gasteiger partial charge in [0, 0.05) is 34.5 Å². The third-order valence-electron chi connectivity index (χ3n) is 4.37. The molecule has 25 heavy (non-hydrogen) atoms. The molecule has 0 aliphatic heterocycles. The highest BCUT2D eigenvalue weighted by Crippen LogP contribution is 2.34. The molecule has 128 valence electrons. The normalized spacial score (nSPS) is 14.7. The van der Waals surface area contributed by atoms with Crippen molar-refractivity contribution in [2.45, 2.75) is 41.7 Å². The van der Waals surface area contributed by atoms with Gasteiger partial charge in [-0.15, -0.1) is 0 Å². The van der Waals surface area contributed by atoms with Crippen molar-refractivity contribution in [3.05, 3.63) is 48.3 Å². The number of benzene rings is 1. The number of nitrogens with zero attached hydrogens (tertiary/aromatic N) is 3. The zero-order valence-corrected chi connectivity index (χ0v) is 14.6. The summed E-state index contributed by atoms with van der Waals surface area (Å²) in [5, 5.41) is 11.5. The van der Waals surface area contributed by atoms with E-state index >= 15 is 0 Å². The molecule has 0 bridgehead atoms. The summed E-state index contributed by atoms with van der Waals surface area (Å²) in [4.78, 5) is 9.92. The van der Waals surface area contributed by atoms with Crippen molar-refractivity contribution in [3.63, 3.8) is 0 Å². The van der Waals surface area contributed by atoms with Gasteiger partial charge in [-0.2, -0.15) is 5.10 Å². The smallest absolute Gasteiger partial charge is 0.194 e. The fraction of sp³-hybridized carbons (Fsp3) is 0.278. The van der Waals surface area contributed by atoms with Gasteiger partial charge >= 0.3 is 0 Å². The summed E-state index contributed by atoms with van der Waals surface area (Å²) < 4.78 is 0. The van der Waals surface area contributed by atoms with E-state index in [1.165, 1.54) is 43.1 Å². The quantitative estimate of drug-likeness (QED) is 0.467. The predicted octanol–water partition coefficient (Wildman–Crippen LogP) is 4.33. The van der Waals surface area contributed by atoms with Gasteiger partial charge in [-0.25, -0.2) is 9.97 Å². The molecule has 1 saturated carbocycles. The number of nitrogens with one attached hydrogen (secondary N) is 2. The molecular formula is C18H20N6S. The maximum Gasteiger partial charge on any atom is 0.194 e. The van der Waals surface area contributed by atoms with Crippen molar-refractivity contribution in [3.8, 4) is 0 Å². The van der Waals surface area contributed by atoms with Crippen molar-refractivity contribution in [2.75, 3.05) is 11.1 Å². The average Bonchev–Trinajstić information content (AvgIpc) is 3.29. The van der Waals surface area contributed by atoms with Crippen LogP contribution in [0, 0.1) is 0 Å². The average molecular weight is 352 g/mol. The summed E-state index contributed by atoms with van der Waals surface area (Å²) in [7, 11) is 0. The van der Waals surface area contributed by atoms with Crippen LogP contribution < -0.4 is 11.1 Å². The summed E-state index contributed by atoms with van der Waals surface area (Å²) in [6.45, 7) is 0. The highest BCUT2D eigenvalue weighted by molar-refractivity contribution is 7.99. The van der Waals surface area contributed by atoms with Crippen LogP contribution in [0.1, 0.15) is 37.3 Å². The van der Waals surface area contributed by atoms with Gasteiger partial charge in [-0.3, -0.25) is 5.10 Å². The second kappa shape index (κ2) is 7.14. The van der Waals surface area contributed by atoms with Gasteiger partial charge in [0.25, 0.3) is 0 Å². The number of aromatic amines is 1. The Morgan fingerprint density at radius 2 is 1.88 bits per heavy atom. The van der Waals surface area contributed by atoms with Gasteiger partial charge in [0.1, 0.15) is 5.82 Å². The predicted molar refractivity (Wildman–Crippen MR) is 100 cm³/mol. The fourth-order valence-electron chi connectivity index (χ4n) is 3.08. The number of aromatic nitrogens is 4. The summed E-state index contributed by atoms with van der Waals surface area (Å²) in [6, 6.07) is 11.6. The van der Waals surface area contributed by atoms with E-state index in [1.54, 1.807) is 6.20 Å². The minimum Gasteiger partial charge on any atom is -0.399 e. The van der Waals surface area contributed by atoms with Crippen LogP contribution in [0.15, 0.2) is 52.6 Å². The largest absolute Gasteiger partial charge is 0.399 e. The van der Waals surface area contributed by atoms with E-state index < -0.39 is 0 Å². The lowest BCUT2D eigenvalue weighted by Crippen LogP contribution is -1.96. The van der Waals surface area contributed by atoms with Crippen molar-refractivity contribution < 1.29 is 0 Å². The topological polar surface area (TPSA) is 92.5 Å². The first-order valence-corrected chi connectivity index (χ1v) is 9.27. The Hall–Kier alpha value is -2.54. The number of rotatable bonds is 5. The lowest BCUT2D eigenvalue weighted by molar-refractivity contribution is 0.693. The molecule has 1 aliphatic carbocycles. The van der Waals surface area contributed by atoms with Crippen molar-refractivity contribution >= 4 is 29.1 Å².